The van der Waals surface area contributed by atoms with Crippen LogP contribution in [0.3, 0.4) is 0 Å². The zero-order valence-electron chi connectivity index (χ0n) is 16.0. The fourth-order valence-electron chi connectivity index (χ4n) is 2.43. The molecule has 0 aliphatic carbocycles. The van der Waals surface area contributed by atoms with Crippen LogP contribution in [0.5, 0.6) is 0 Å². The zero-order valence-corrected chi connectivity index (χ0v) is 16.0. The Labute approximate surface area is 129 Å². The van der Waals surface area contributed by atoms with Gasteiger partial charge in [-0.05, 0) is 61.9 Å². The van der Waals surface area contributed by atoms with Crippen LogP contribution in [0, 0.1) is 20.8 Å². The summed E-state index contributed by atoms with van der Waals surface area (Å²) < 4.78 is 0. The summed E-state index contributed by atoms with van der Waals surface area (Å²) in [5, 5.41) is 0. The first kappa shape index (κ1) is 24.0. The summed E-state index contributed by atoms with van der Waals surface area (Å²) >= 11 is 0. The molecule has 0 amide bonds. The minimum atomic E-state index is 1.11. The quantitative estimate of drug-likeness (QED) is 0.533. The van der Waals surface area contributed by atoms with E-state index in [0.29, 0.717) is 0 Å². The molecular weight excluding hydrogens is 240 g/mol. The lowest BCUT2D eigenvalue weighted by Gasteiger charge is -2.16. The minimum absolute atomic E-state index is 1.11. The van der Waals surface area contributed by atoms with Gasteiger partial charge in [-0.1, -0.05) is 66.7 Å². The van der Waals surface area contributed by atoms with E-state index < -0.39 is 0 Å². The number of aryl methyl sites for hydroxylation is 2. The van der Waals surface area contributed by atoms with Gasteiger partial charge in [-0.2, -0.15) is 0 Å². The zero-order chi connectivity index (χ0) is 16.9. The third-order valence-electron chi connectivity index (χ3n) is 2.91. The van der Waals surface area contributed by atoms with E-state index in [1.807, 2.05) is 41.5 Å². The molecule has 0 N–H and O–H groups in total. The molecule has 0 aliphatic heterocycles. The molecule has 0 aromatic heterocycles. The monoisotopic (exact) mass is 278 g/mol. The van der Waals surface area contributed by atoms with E-state index in [4.69, 9.17) is 0 Å². The first-order chi connectivity index (χ1) is 9.49. The highest BCUT2D eigenvalue weighted by Crippen LogP contribution is 2.27. The van der Waals surface area contributed by atoms with Crippen molar-refractivity contribution in [3.63, 3.8) is 0 Å². The van der Waals surface area contributed by atoms with Crippen molar-refractivity contribution in [2.45, 2.75) is 82.6 Å². The molecule has 0 saturated heterocycles. The Hall–Kier alpha value is -1.04. The van der Waals surface area contributed by atoms with Crippen LogP contribution >= 0.6 is 0 Å². The van der Waals surface area contributed by atoms with E-state index >= 15 is 0 Å². The average molecular weight is 279 g/mol. The summed E-state index contributed by atoms with van der Waals surface area (Å²) in [5.74, 6) is 0. The lowest BCUT2D eigenvalue weighted by molar-refractivity contribution is 1.07. The molecule has 0 spiro atoms. The van der Waals surface area contributed by atoms with Gasteiger partial charge in [-0.15, -0.1) is 0 Å². The lowest BCUT2D eigenvalue weighted by Crippen LogP contribution is -1.99. The molecule has 0 unspecified atom stereocenters. The molecule has 118 valence electrons. The van der Waals surface area contributed by atoms with Crippen molar-refractivity contribution >= 4 is 5.57 Å². The van der Waals surface area contributed by atoms with Gasteiger partial charge in [0, 0.05) is 0 Å². The van der Waals surface area contributed by atoms with Crippen molar-refractivity contribution in [3.8, 4) is 0 Å². The van der Waals surface area contributed by atoms with Gasteiger partial charge in [0.1, 0.15) is 0 Å². The molecule has 1 aromatic carbocycles. The molecule has 1 rings (SSSR count). The minimum Gasteiger partial charge on any atom is -0.0955 e. The Balaban J connectivity index is -0.000000425. The van der Waals surface area contributed by atoms with E-state index in [1.54, 1.807) is 0 Å². The van der Waals surface area contributed by atoms with Gasteiger partial charge >= 0.3 is 0 Å². The van der Waals surface area contributed by atoms with E-state index in [9.17, 15) is 0 Å². The summed E-state index contributed by atoms with van der Waals surface area (Å²) in [4.78, 5) is 0. The Bertz CT molecular complexity index is 370. The van der Waals surface area contributed by atoms with Crippen molar-refractivity contribution in [3.05, 3.63) is 40.5 Å². The van der Waals surface area contributed by atoms with Gasteiger partial charge in [-0.25, -0.2) is 0 Å². The van der Waals surface area contributed by atoms with Crippen molar-refractivity contribution in [1.29, 1.82) is 0 Å². The van der Waals surface area contributed by atoms with E-state index in [2.05, 4.69) is 47.3 Å². The second-order valence-corrected chi connectivity index (χ2v) is 4.12. The molecule has 0 bridgehead atoms. The summed E-state index contributed by atoms with van der Waals surface area (Å²) in [6, 6.07) is 2.27. The van der Waals surface area contributed by atoms with Crippen LogP contribution in [0.25, 0.3) is 5.57 Å². The fraction of sp³-hybridized carbons (Fsp3) is 0.600. The third kappa shape index (κ3) is 6.93. The maximum absolute atomic E-state index is 4.05. The van der Waals surface area contributed by atoms with Crippen LogP contribution < -0.4 is 0 Å². The number of benzene rings is 1. The smallest absolute Gasteiger partial charge is 0.0172 e. The van der Waals surface area contributed by atoms with Crippen LogP contribution in [0.15, 0.2) is 12.6 Å². The van der Waals surface area contributed by atoms with E-state index in [-0.39, 0.29) is 0 Å². The largest absolute Gasteiger partial charge is 0.0955 e. The van der Waals surface area contributed by atoms with Gasteiger partial charge in [0.05, 0.1) is 0 Å². The molecule has 1 aromatic rings. The molecule has 0 fully saturated rings. The third-order valence-corrected chi connectivity index (χ3v) is 2.91. The van der Waals surface area contributed by atoms with Gasteiger partial charge in [0.2, 0.25) is 0 Å². The number of rotatable bonds is 2. The molecule has 0 heterocycles. The maximum atomic E-state index is 4.05. The Morgan fingerprint density at radius 2 is 1.30 bits per heavy atom. The van der Waals surface area contributed by atoms with Crippen LogP contribution in [-0.4, -0.2) is 0 Å². The van der Waals surface area contributed by atoms with Crippen molar-refractivity contribution in [2.24, 2.45) is 0 Å². The highest BCUT2D eigenvalue weighted by atomic mass is 14.1. The van der Waals surface area contributed by atoms with Gasteiger partial charge < -0.3 is 0 Å². The number of hydrogen-bond acceptors (Lipinski definition) is 0. The fourth-order valence-corrected chi connectivity index (χ4v) is 2.43. The van der Waals surface area contributed by atoms with E-state index in [1.165, 1.54) is 33.4 Å². The van der Waals surface area contributed by atoms with Gasteiger partial charge in [-0.3, -0.25) is 0 Å². The molecule has 0 atom stereocenters. The lowest BCUT2D eigenvalue weighted by atomic mass is 9.89. The van der Waals surface area contributed by atoms with Crippen LogP contribution in [0.1, 0.15) is 83.2 Å². The summed E-state index contributed by atoms with van der Waals surface area (Å²) in [7, 11) is 0. The Morgan fingerprint density at radius 3 is 1.60 bits per heavy atom. The van der Waals surface area contributed by atoms with Crippen molar-refractivity contribution < 1.29 is 0 Å². The highest BCUT2D eigenvalue weighted by Gasteiger charge is 2.09. The highest BCUT2D eigenvalue weighted by molar-refractivity contribution is 5.69. The van der Waals surface area contributed by atoms with Crippen molar-refractivity contribution in [1.82, 2.24) is 0 Å². The predicted octanol–water partition coefficient (Wildman–Crippen LogP) is 7.29. The summed E-state index contributed by atoms with van der Waals surface area (Å²) in [5.41, 5.74) is 8.19. The van der Waals surface area contributed by atoms with Gasteiger partial charge in [0.25, 0.3) is 0 Å². The van der Waals surface area contributed by atoms with Crippen LogP contribution in [0.2, 0.25) is 0 Å². The molecule has 0 saturated carbocycles. The number of allylic oxidation sites excluding steroid dienone is 1. The van der Waals surface area contributed by atoms with Gasteiger partial charge in [0.15, 0.2) is 0 Å². The summed E-state index contributed by atoms with van der Waals surface area (Å²) in [6.45, 7) is 26.9. The molecular formula is C20H38. The standard InChI is InChI=1S/C14H20.3C2H6/c1-7-13-10(4)8-11(5)14(9(2)3)12(13)6;3*1-2/h8H,2,7H2,1,3-6H3;3*1-2H3. The second kappa shape index (κ2) is 14.4. The first-order valence-corrected chi connectivity index (χ1v) is 8.24. The normalized spacial score (nSPS) is 8.15. The van der Waals surface area contributed by atoms with E-state index in [0.717, 1.165) is 6.42 Å². The summed E-state index contributed by atoms with van der Waals surface area (Å²) in [6.07, 6.45) is 1.11. The Kier molecular flexibility index (Phi) is 17.3. The molecule has 0 aliphatic rings. The topological polar surface area (TPSA) is 0 Å². The molecule has 0 nitrogen and oxygen atoms in total. The Morgan fingerprint density at radius 1 is 0.900 bits per heavy atom. The van der Waals surface area contributed by atoms with Crippen LogP contribution in [-0.2, 0) is 6.42 Å². The maximum Gasteiger partial charge on any atom is -0.0172 e. The average Bonchev–Trinajstić information content (AvgIpc) is 2.45. The molecule has 20 heavy (non-hydrogen) atoms. The van der Waals surface area contributed by atoms with Crippen molar-refractivity contribution in [2.75, 3.05) is 0 Å². The molecule has 0 radical (unpaired) electrons. The number of hydrogen-bond donors (Lipinski definition) is 0. The molecule has 0 heteroatoms. The first-order valence-electron chi connectivity index (χ1n) is 8.24. The SMILES string of the molecule is C=C(C)c1c(C)cc(C)c(CC)c1C.CC.CC.CC. The second-order valence-electron chi connectivity index (χ2n) is 4.12. The predicted molar refractivity (Wildman–Crippen MR) is 98.8 cm³/mol. The van der Waals surface area contributed by atoms with Crippen LogP contribution in [0.4, 0.5) is 0 Å².